The smallest absolute Gasteiger partial charge is 0.0643 e. The molecule has 1 unspecified atom stereocenters. The third-order valence-electron chi connectivity index (χ3n) is 3.47. The van der Waals surface area contributed by atoms with E-state index < -0.39 is 0 Å². The fraction of sp³-hybridized carbons (Fsp3) is 0.333. The largest absolute Gasteiger partial charge is 0.306 e. The zero-order chi connectivity index (χ0) is 15.4. The van der Waals surface area contributed by atoms with Crippen LogP contribution in [0.2, 0.25) is 10.0 Å². The number of nitrogens with one attached hydrogen (secondary N) is 1. The zero-order valence-electron chi connectivity index (χ0n) is 12.7. The zero-order valence-corrected chi connectivity index (χ0v) is 14.2. The second-order valence-electron chi connectivity index (χ2n) is 5.45. The molecule has 0 radical (unpaired) electrons. The van der Waals surface area contributed by atoms with E-state index in [1.165, 1.54) is 16.7 Å². The summed E-state index contributed by atoms with van der Waals surface area (Å²) in [6.07, 6.45) is 1.07. The van der Waals surface area contributed by atoms with Crippen LogP contribution in [0.5, 0.6) is 0 Å². The maximum Gasteiger partial charge on any atom is 0.0643 e. The van der Waals surface area contributed by atoms with E-state index in [0.29, 0.717) is 10.0 Å². The Morgan fingerprint density at radius 2 is 1.71 bits per heavy atom. The van der Waals surface area contributed by atoms with Gasteiger partial charge >= 0.3 is 0 Å². The van der Waals surface area contributed by atoms with Gasteiger partial charge in [-0.1, -0.05) is 71.6 Å². The molecular weight excluding hydrogens is 301 g/mol. The summed E-state index contributed by atoms with van der Waals surface area (Å²) < 4.78 is 0. The van der Waals surface area contributed by atoms with Crippen molar-refractivity contribution in [2.24, 2.45) is 0 Å². The highest BCUT2D eigenvalue weighted by molar-refractivity contribution is 6.42. The minimum absolute atomic E-state index is 0.0646. The normalized spacial score (nSPS) is 12.4. The van der Waals surface area contributed by atoms with Crippen molar-refractivity contribution < 1.29 is 0 Å². The van der Waals surface area contributed by atoms with Crippen molar-refractivity contribution in [3.8, 4) is 0 Å². The van der Waals surface area contributed by atoms with E-state index in [2.05, 4.69) is 44.3 Å². The molecule has 0 saturated heterocycles. The predicted molar refractivity (Wildman–Crippen MR) is 92.5 cm³/mol. The third-order valence-corrected chi connectivity index (χ3v) is 4.30. The Kier molecular flexibility index (Phi) is 5.69. The van der Waals surface area contributed by atoms with Gasteiger partial charge in [-0.15, -0.1) is 0 Å². The summed E-state index contributed by atoms with van der Waals surface area (Å²) in [5.74, 6) is 0. The van der Waals surface area contributed by atoms with Crippen LogP contribution < -0.4 is 5.32 Å². The van der Waals surface area contributed by atoms with Crippen LogP contribution in [0.4, 0.5) is 0 Å². The molecule has 21 heavy (non-hydrogen) atoms. The average Bonchev–Trinajstić information content (AvgIpc) is 2.42. The van der Waals surface area contributed by atoms with Crippen molar-refractivity contribution in [2.75, 3.05) is 6.54 Å². The Hall–Kier alpha value is -1.02. The number of hydrogen-bond acceptors (Lipinski definition) is 1. The quantitative estimate of drug-likeness (QED) is 0.744. The van der Waals surface area contributed by atoms with Crippen molar-refractivity contribution in [3.63, 3.8) is 0 Å². The lowest BCUT2D eigenvalue weighted by atomic mass is 9.95. The highest BCUT2D eigenvalue weighted by Gasteiger charge is 2.18. The molecule has 1 atom stereocenters. The summed E-state index contributed by atoms with van der Waals surface area (Å²) in [4.78, 5) is 0. The van der Waals surface area contributed by atoms with Crippen molar-refractivity contribution in [1.82, 2.24) is 5.32 Å². The first-order chi connectivity index (χ1) is 10.0. The molecule has 0 amide bonds. The maximum atomic E-state index is 6.42. The van der Waals surface area contributed by atoms with E-state index in [4.69, 9.17) is 23.2 Å². The summed E-state index contributed by atoms with van der Waals surface area (Å²) >= 11 is 12.6. The van der Waals surface area contributed by atoms with E-state index in [0.717, 1.165) is 18.5 Å². The van der Waals surface area contributed by atoms with Gasteiger partial charge in [0.15, 0.2) is 0 Å². The van der Waals surface area contributed by atoms with Gasteiger partial charge in [-0.25, -0.2) is 0 Å². The lowest BCUT2D eigenvalue weighted by molar-refractivity contribution is 0.598. The summed E-state index contributed by atoms with van der Waals surface area (Å²) in [5, 5.41) is 4.81. The van der Waals surface area contributed by atoms with Crippen molar-refractivity contribution in [1.29, 1.82) is 0 Å². The molecule has 2 aromatic carbocycles. The molecule has 0 aliphatic rings. The van der Waals surface area contributed by atoms with Crippen LogP contribution in [0.3, 0.4) is 0 Å². The van der Waals surface area contributed by atoms with E-state index >= 15 is 0 Å². The first-order valence-electron chi connectivity index (χ1n) is 7.28. The molecule has 0 aromatic heterocycles. The van der Waals surface area contributed by atoms with Gasteiger partial charge in [0.05, 0.1) is 16.1 Å². The van der Waals surface area contributed by atoms with Gasteiger partial charge in [0.2, 0.25) is 0 Å². The molecule has 0 fully saturated rings. The van der Waals surface area contributed by atoms with Crippen molar-refractivity contribution in [3.05, 3.63) is 68.7 Å². The predicted octanol–water partition coefficient (Wildman–Crippen LogP) is 5.70. The van der Waals surface area contributed by atoms with Gasteiger partial charge in [-0.05, 0) is 44.0 Å². The number of benzene rings is 2. The van der Waals surface area contributed by atoms with Crippen LogP contribution in [-0.2, 0) is 0 Å². The van der Waals surface area contributed by atoms with Gasteiger partial charge in [0.1, 0.15) is 0 Å². The van der Waals surface area contributed by atoms with Gasteiger partial charge in [0.25, 0.3) is 0 Å². The molecule has 0 aliphatic heterocycles. The maximum absolute atomic E-state index is 6.42. The summed E-state index contributed by atoms with van der Waals surface area (Å²) in [7, 11) is 0. The molecule has 0 bridgehead atoms. The molecular formula is C18H21Cl2N. The van der Waals surface area contributed by atoms with Gasteiger partial charge < -0.3 is 5.32 Å². The van der Waals surface area contributed by atoms with Crippen LogP contribution in [-0.4, -0.2) is 6.54 Å². The lowest BCUT2D eigenvalue weighted by Crippen LogP contribution is -2.23. The second kappa shape index (κ2) is 7.31. The first-order valence-corrected chi connectivity index (χ1v) is 8.04. The van der Waals surface area contributed by atoms with Crippen LogP contribution in [0.1, 0.15) is 41.6 Å². The molecule has 3 heteroatoms. The van der Waals surface area contributed by atoms with Gasteiger partial charge in [-0.3, -0.25) is 0 Å². The van der Waals surface area contributed by atoms with E-state index in [1.807, 2.05) is 18.2 Å². The second-order valence-corrected chi connectivity index (χ2v) is 6.24. The number of rotatable bonds is 5. The minimum Gasteiger partial charge on any atom is -0.306 e. The van der Waals surface area contributed by atoms with Gasteiger partial charge in [-0.2, -0.15) is 0 Å². The monoisotopic (exact) mass is 321 g/mol. The molecule has 112 valence electrons. The highest BCUT2D eigenvalue weighted by atomic mass is 35.5. The highest BCUT2D eigenvalue weighted by Crippen LogP contribution is 2.33. The summed E-state index contributed by atoms with van der Waals surface area (Å²) in [6, 6.07) is 12.5. The minimum atomic E-state index is 0.0646. The molecule has 2 rings (SSSR count). The van der Waals surface area contributed by atoms with Crippen LogP contribution in [0.15, 0.2) is 36.4 Å². The van der Waals surface area contributed by atoms with Crippen LogP contribution >= 0.6 is 23.2 Å². The van der Waals surface area contributed by atoms with E-state index in [-0.39, 0.29) is 6.04 Å². The Morgan fingerprint density at radius 3 is 2.33 bits per heavy atom. The molecule has 2 aromatic rings. The molecule has 0 saturated carbocycles. The molecule has 1 N–H and O–H groups in total. The fourth-order valence-electron chi connectivity index (χ4n) is 2.62. The van der Waals surface area contributed by atoms with Crippen LogP contribution in [0, 0.1) is 13.8 Å². The molecule has 0 aliphatic carbocycles. The van der Waals surface area contributed by atoms with Gasteiger partial charge in [0, 0.05) is 0 Å². The summed E-state index contributed by atoms with van der Waals surface area (Å²) in [5.41, 5.74) is 4.77. The molecule has 0 heterocycles. The average molecular weight is 322 g/mol. The Bertz CT molecular complexity index is 602. The molecule has 0 spiro atoms. The summed E-state index contributed by atoms with van der Waals surface area (Å²) in [6.45, 7) is 7.32. The fourth-order valence-corrected chi connectivity index (χ4v) is 3.03. The van der Waals surface area contributed by atoms with E-state index in [1.54, 1.807) is 0 Å². The topological polar surface area (TPSA) is 12.0 Å². The Labute approximate surface area is 137 Å². The lowest BCUT2D eigenvalue weighted by Gasteiger charge is -2.22. The van der Waals surface area contributed by atoms with Crippen LogP contribution in [0.25, 0.3) is 0 Å². The Morgan fingerprint density at radius 1 is 1.05 bits per heavy atom. The SMILES string of the molecule is CCCNC(c1cc(C)cc(C)c1)c1cccc(Cl)c1Cl. The third kappa shape index (κ3) is 4.00. The Balaban J connectivity index is 2.49. The van der Waals surface area contributed by atoms with Crippen molar-refractivity contribution >= 4 is 23.2 Å². The van der Waals surface area contributed by atoms with Crippen molar-refractivity contribution in [2.45, 2.75) is 33.2 Å². The standard InChI is InChI=1S/C18H21Cl2N/c1-4-8-21-18(14-10-12(2)9-13(3)11-14)15-6-5-7-16(19)17(15)20/h5-7,9-11,18,21H,4,8H2,1-3H3. The number of halogens is 2. The van der Waals surface area contributed by atoms with E-state index in [9.17, 15) is 0 Å². The number of aryl methyl sites for hydroxylation is 2. The number of hydrogen-bond donors (Lipinski definition) is 1. The molecule has 1 nitrogen and oxygen atoms in total. The first kappa shape index (κ1) is 16.4.